The molecule has 0 spiro atoms. The smallest absolute Gasteiger partial charge is 0.234 e. The van der Waals surface area contributed by atoms with Crippen LogP contribution in [-0.4, -0.2) is 75.1 Å². The SMILES string of the molecule is CN(C[C@H](O)[C@H](O)[C@H](O)[C@@H](O)CO)c1oc(-c2ccccc2)nc1C#N. The van der Waals surface area contributed by atoms with Gasteiger partial charge in [0.15, 0.2) is 0 Å². The molecule has 0 saturated carbocycles. The molecule has 1 heterocycles. The average molecular weight is 363 g/mol. The third-order valence-electron chi connectivity index (χ3n) is 3.87. The van der Waals surface area contributed by atoms with Gasteiger partial charge in [-0.1, -0.05) is 18.2 Å². The number of aliphatic hydroxyl groups is 5. The highest BCUT2D eigenvalue weighted by atomic mass is 16.4. The third-order valence-corrected chi connectivity index (χ3v) is 3.87. The van der Waals surface area contributed by atoms with Gasteiger partial charge in [0.05, 0.1) is 6.61 Å². The van der Waals surface area contributed by atoms with Gasteiger partial charge in [0.1, 0.15) is 30.5 Å². The Morgan fingerprint density at radius 3 is 2.31 bits per heavy atom. The fourth-order valence-corrected chi connectivity index (χ4v) is 2.38. The first-order chi connectivity index (χ1) is 12.4. The molecule has 1 aromatic heterocycles. The van der Waals surface area contributed by atoms with Crippen LogP contribution in [0, 0.1) is 11.3 Å². The Balaban J connectivity index is 2.15. The summed E-state index contributed by atoms with van der Waals surface area (Å²) in [4.78, 5) is 5.48. The van der Waals surface area contributed by atoms with E-state index in [0.717, 1.165) is 0 Å². The average Bonchev–Trinajstić information content (AvgIpc) is 3.11. The molecule has 0 radical (unpaired) electrons. The molecule has 26 heavy (non-hydrogen) atoms. The van der Waals surface area contributed by atoms with Crippen LogP contribution in [0.25, 0.3) is 11.5 Å². The van der Waals surface area contributed by atoms with Crippen molar-refractivity contribution in [1.29, 1.82) is 5.26 Å². The van der Waals surface area contributed by atoms with E-state index in [-0.39, 0.29) is 24.0 Å². The first kappa shape index (κ1) is 19.8. The summed E-state index contributed by atoms with van der Waals surface area (Å²) in [5.41, 5.74) is 0.676. The van der Waals surface area contributed by atoms with Crippen LogP contribution in [0.3, 0.4) is 0 Å². The quantitative estimate of drug-likeness (QED) is 0.401. The number of likely N-dealkylation sites (N-methyl/N-ethyl adjacent to an activating group) is 1. The molecule has 0 unspecified atom stereocenters. The first-order valence-corrected chi connectivity index (χ1v) is 7.89. The van der Waals surface area contributed by atoms with Crippen LogP contribution in [0.15, 0.2) is 34.7 Å². The Morgan fingerprint density at radius 2 is 1.73 bits per heavy atom. The van der Waals surface area contributed by atoms with Crippen molar-refractivity contribution in [2.75, 3.05) is 25.1 Å². The van der Waals surface area contributed by atoms with Crippen molar-refractivity contribution in [3.05, 3.63) is 36.0 Å². The maximum absolute atomic E-state index is 10.1. The Labute approximate surface area is 150 Å². The summed E-state index contributed by atoms with van der Waals surface area (Å²) < 4.78 is 5.61. The molecule has 2 aromatic rings. The van der Waals surface area contributed by atoms with E-state index in [9.17, 15) is 25.7 Å². The lowest BCUT2D eigenvalue weighted by Crippen LogP contribution is -2.49. The lowest BCUT2D eigenvalue weighted by atomic mass is 10.0. The van der Waals surface area contributed by atoms with Gasteiger partial charge in [-0.2, -0.15) is 10.2 Å². The Bertz CT molecular complexity index is 745. The normalized spacial score (nSPS) is 15.7. The number of nitrogens with zero attached hydrogens (tertiary/aromatic N) is 3. The fourth-order valence-electron chi connectivity index (χ4n) is 2.38. The second-order valence-corrected chi connectivity index (χ2v) is 5.83. The number of rotatable bonds is 8. The molecule has 0 aliphatic carbocycles. The molecule has 0 saturated heterocycles. The predicted octanol–water partition coefficient (Wildman–Crippen LogP) is -0.915. The van der Waals surface area contributed by atoms with Crippen LogP contribution in [-0.2, 0) is 0 Å². The highest BCUT2D eigenvalue weighted by molar-refractivity contribution is 5.59. The monoisotopic (exact) mass is 363 g/mol. The van der Waals surface area contributed by atoms with Gasteiger partial charge in [-0.3, -0.25) is 0 Å². The van der Waals surface area contributed by atoms with Crippen molar-refractivity contribution in [3.63, 3.8) is 0 Å². The van der Waals surface area contributed by atoms with Crippen LogP contribution >= 0.6 is 0 Å². The summed E-state index contributed by atoms with van der Waals surface area (Å²) in [5, 5.41) is 57.0. The fraction of sp³-hybridized carbons (Fsp3) is 0.412. The topological polar surface area (TPSA) is 154 Å². The Kier molecular flexibility index (Phi) is 6.68. The highest BCUT2D eigenvalue weighted by Crippen LogP contribution is 2.27. The maximum atomic E-state index is 10.1. The van der Waals surface area contributed by atoms with Crippen LogP contribution in [0.4, 0.5) is 5.88 Å². The second kappa shape index (κ2) is 8.75. The van der Waals surface area contributed by atoms with Gasteiger partial charge in [-0.05, 0) is 12.1 Å². The summed E-state index contributed by atoms with van der Waals surface area (Å²) in [6.07, 6.45) is -6.50. The summed E-state index contributed by atoms with van der Waals surface area (Å²) in [5.74, 6) is 0.324. The zero-order valence-corrected chi connectivity index (χ0v) is 14.1. The summed E-state index contributed by atoms with van der Waals surface area (Å²) in [6.45, 7) is -0.976. The van der Waals surface area contributed by atoms with Gasteiger partial charge in [-0.15, -0.1) is 0 Å². The minimum atomic E-state index is -1.73. The van der Waals surface area contributed by atoms with Crippen LogP contribution in [0.2, 0.25) is 0 Å². The first-order valence-electron chi connectivity index (χ1n) is 7.89. The minimum absolute atomic E-state index is 0.00369. The molecule has 0 bridgehead atoms. The summed E-state index contributed by atoms with van der Waals surface area (Å²) in [6, 6.07) is 10.9. The van der Waals surface area contributed by atoms with E-state index in [1.54, 1.807) is 24.3 Å². The van der Waals surface area contributed by atoms with Gasteiger partial charge in [-0.25, -0.2) is 0 Å². The molecule has 0 aliphatic rings. The summed E-state index contributed by atoms with van der Waals surface area (Å²) in [7, 11) is 1.51. The predicted molar refractivity (Wildman–Crippen MR) is 91.0 cm³/mol. The molecule has 0 fully saturated rings. The van der Waals surface area contributed by atoms with Gasteiger partial charge in [0.25, 0.3) is 0 Å². The number of benzene rings is 1. The molecular weight excluding hydrogens is 342 g/mol. The molecule has 9 nitrogen and oxygen atoms in total. The Morgan fingerprint density at radius 1 is 1.12 bits per heavy atom. The van der Waals surface area contributed by atoms with E-state index in [1.165, 1.54) is 11.9 Å². The molecule has 4 atom stereocenters. The lowest BCUT2D eigenvalue weighted by molar-refractivity contribution is -0.112. The molecule has 5 N–H and O–H groups in total. The number of aromatic nitrogens is 1. The molecular formula is C17H21N3O6. The van der Waals surface area contributed by atoms with Crippen LogP contribution in [0.5, 0.6) is 0 Å². The van der Waals surface area contributed by atoms with Gasteiger partial charge in [0, 0.05) is 19.2 Å². The lowest BCUT2D eigenvalue weighted by Gasteiger charge is -2.28. The van der Waals surface area contributed by atoms with E-state index in [2.05, 4.69) is 4.98 Å². The van der Waals surface area contributed by atoms with Gasteiger partial charge < -0.3 is 34.8 Å². The number of oxazole rings is 1. The number of hydrogen-bond acceptors (Lipinski definition) is 9. The van der Waals surface area contributed by atoms with E-state index in [1.807, 2.05) is 12.1 Å². The largest absolute Gasteiger partial charge is 0.419 e. The zero-order chi connectivity index (χ0) is 19.3. The van der Waals surface area contributed by atoms with Crippen molar-refractivity contribution in [2.24, 2.45) is 0 Å². The molecule has 9 heteroatoms. The standard InChI is InChI=1S/C17H21N3O6/c1-20(8-12(22)14(24)15(25)13(23)9-21)17-11(7-18)19-16(26-17)10-5-3-2-4-6-10/h2-6,12-15,21-25H,8-9H2,1H3/t12-,13-,14-,15+/m0/s1. The molecule has 0 aliphatic heterocycles. The van der Waals surface area contributed by atoms with Crippen molar-refractivity contribution in [3.8, 4) is 17.5 Å². The van der Waals surface area contributed by atoms with Crippen molar-refractivity contribution in [2.45, 2.75) is 24.4 Å². The third kappa shape index (κ3) is 4.37. The molecule has 2 rings (SSSR count). The van der Waals surface area contributed by atoms with E-state index >= 15 is 0 Å². The van der Waals surface area contributed by atoms with Gasteiger partial charge in [0.2, 0.25) is 17.5 Å². The number of hydrogen-bond donors (Lipinski definition) is 5. The van der Waals surface area contributed by atoms with E-state index in [0.29, 0.717) is 5.56 Å². The minimum Gasteiger partial charge on any atom is -0.419 e. The molecule has 0 amide bonds. The molecule has 140 valence electrons. The van der Waals surface area contributed by atoms with Crippen molar-refractivity contribution in [1.82, 2.24) is 4.98 Å². The number of anilines is 1. The highest BCUT2D eigenvalue weighted by Gasteiger charge is 2.31. The van der Waals surface area contributed by atoms with Crippen LogP contribution < -0.4 is 4.90 Å². The van der Waals surface area contributed by atoms with Gasteiger partial charge >= 0.3 is 0 Å². The number of aliphatic hydroxyl groups excluding tert-OH is 5. The van der Waals surface area contributed by atoms with E-state index < -0.39 is 31.0 Å². The Hall–Kier alpha value is -2.48. The number of nitriles is 1. The molecule has 1 aromatic carbocycles. The van der Waals surface area contributed by atoms with Crippen molar-refractivity contribution < 1.29 is 29.9 Å². The van der Waals surface area contributed by atoms with Crippen LogP contribution in [0.1, 0.15) is 5.69 Å². The maximum Gasteiger partial charge on any atom is 0.234 e. The zero-order valence-electron chi connectivity index (χ0n) is 14.1. The summed E-state index contributed by atoms with van der Waals surface area (Å²) >= 11 is 0. The van der Waals surface area contributed by atoms with Crippen molar-refractivity contribution >= 4 is 5.88 Å². The van der Waals surface area contributed by atoms with E-state index in [4.69, 9.17) is 9.52 Å². The second-order valence-electron chi connectivity index (χ2n) is 5.83.